The lowest BCUT2D eigenvalue weighted by Crippen LogP contribution is -2.10. The van der Waals surface area contributed by atoms with E-state index in [2.05, 4.69) is 34.6 Å². The van der Waals surface area contributed by atoms with Crippen LogP contribution in [0, 0.1) is 0 Å². The van der Waals surface area contributed by atoms with Gasteiger partial charge in [0.1, 0.15) is 6.61 Å². The van der Waals surface area contributed by atoms with Crippen LogP contribution in [-0.2, 0) is 4.74 Å². The van der Waals surface area contributed by atoms with Gasteiger partial charge in [0.25, 0.3) is 0 Å². The second kappa shape index (κ2) is 6.83. The predicted octanol–water partition coefficient (Wildman–Crippen LogP) is 3.37. The lowest BCUT2D eigenvalue weighted by molar-refractivity contribution is 0.144. The van der Waals surface area contributed by atoms with Crippen molar-refractivity contribution in [2.75, 3.05) is 31.4 Å². The van der Waals surface area contributed by atoms with Gasteiger partial charge in [-0.2, -0.15) is 0 Å². The molecule has 110 valence electrons. The number of rotatable bonds is 6. The van der Waals surface area contributed by atoms with Crippen LogP contribution in [0.4, 0.5) is 5.69 Å². The van der Waals surface area contributed by atoms with Gasteiger partial charge in [0.05, 0.1) is 24.5 Å². The Balaban J connectivity index is 1.61. The number of fused-ring (bicyclic) bond motifs is 1. The zero-order valence-corrected chi connectivity index (χ0v) is 12.7. The summed E-state index contributed by atoms with van der Waals surface area (Å²) in [5.41, 5.74) is 2.37. The van der Waals surface area contributed by atoms with Crippen molar-refractivity contribution in [1.29, 1.82) is 0 Å². The first kappa shape index (κ1) is 14.2. The number of nitrogens with one attached hydrogen (secondary N) is 1. The first-order valence-electron chi connectivity index (χ1n) is 6.93. The molecule has 3 rings (SSSR count). The normalized spacial score (nSPS) is 16.5. The number of anilines is 1. The van der Waals surface area contributed by atoms with Gasteiger partial charge in [-0.25, -0.2) is 4.98 Å². The Morgan fingerprint density at radius 2 is 2.14 bits per heavy atom. The van der Waals surface area contributed by atoms with Gasteiger partial charge >= 0.3 is 0 Å². The van der Waals surface area contributed by atoms with Gasteiger partial charge in [-0.05, 0) is 17.7 Å². The molecule has 0 fully saturated rings. The zero-order chi connectivity index (χ0) is 14.5. The molecule has 4 nitrogen and oxygen atoms in total. The first-order valence-corrected chi connectivity index (χ1v) is 7.91. The highest BCUT2D eigenvalue weighted by molar-refractivity contribution is 7.99. The molecule has 0 amide bonds. The van der Waals surface area contributed by atoms with Gasteiger partial charge in [-0.15, -0.1) is 11.8 Å². The molecule has 1 atom stereocenters. The maximum atomic E-state index is 5.46. The molecule has 0 saturated carbocycles. The van der Waals surface area contributed by atoms with Crippen LogP contribution in [-0.4, -0.2) is 31.1 Å². The van der Waals surface area contributed by atoms with Crippen molar-refractivity contribution < 1.29 is 9.47 Å². The third-order valence-corrected chi connectivity index (χ3v) is 4.50. The summed E-state index contributed by atoms with van der Waals surface area (Å²) >= 11 is 1.89. The Morgan fingerprint density at radius 1 is 1.24 bits per heavy atom. The smallest absolute Gasteiger partial charge is 0.213 e. The highest BCUT2D eigenvalue weighted by atomic mass is 32.2. The monoisotopic (exact) mass is 302 g/mol. The second-order valence-electron chi connectivity index (χ2n) is 4.77. The third kappa shape index (κ3) is 3.49. The quantitative estimate of drug-likeness (QED) is 0.829. The highest BCUT2D eigenvalue weighted by Crippen LogP contribution is 2.39. The molecule has 2 aromatic rings. The van der Waals surface area contributed by atoms with E-state index in [0.29, 0.717) is 25.1 Å². The van der Waals surface area contributed by atoms with E-state index in [-0.39, 0.29) is 0 Å². The summed E-state index contributed by atoms with van der Waals surface area (Å²) in [6, 6.07) is 12.8. The van der Waals surface area contributed by atoms with Crippen LogP contribution < -0.4 is 10.1 Å². The van der Waals surface area contributed by atoms with E-state index in [1.165, 1.54) is 10.5 Å². The molecule has 21 heavy (non-hydrogen) atoms. The number of methoxy groups -OCH3 is 1. The fourth-order valence-electron chi connectivity index (χ4n) is 2.26. The van der Waals surface area contributed by atoms with Gasteiger partial charge < -0.3 is 14.8 Å². The molecular weight excluding hydrogens is 284 g/mol. The molecule has 2 heterocycles. The number of hydrogen-bond acceptors (Lipinski definition) is 5. The molecule has 0 radical (unpaired) electrons. The Labute approximate surface area is 128 Å². The Kier molecular flexibility index (Phi) is 4.62. The van der Waals surface area contributed by atoms with Crippen LogP contribution in [0.25, 0.3) is 0 Å². The Hall–Kier alpha value is -1.72. The Morgan fingerprint density at radius 3 is 2.95 bits per heavy atom. The first-order chi connectivity index (χ1) is 10.4. The molecule has 0 spiro atoms. The van der Waals surface area contributed by atoms with Gasteiger partial charge in [-0.1, -0.05) is 18.2 Å². The largest absolute Gasteiger partial charge is 0.475 e. The van der Waals surface area contributed by atoms with E-state index in [1.807, 2.05) is 30.1 Å². The van der Waals surface area contributed by atoms with Crippen molar-refractivity contribution >= 4 is 17.4 Å². The average molecular weight is 302 g/mol. The summed E-state index contributed by atoms with van der Waals surface area (Å²) in [5.74, 6) is 1.67. The summed E-state index contributed by atoms with van der Waals surface area (Å²) < 4.78 is 10.4. The minimum Gasteiger partial charge on any atom is -0.475 e. The third-order valence-electron chi connectivity index (χ3n) is 3.31. The van der Waals surface area contributed by atoms with Gasteiger partial charge in [0.2, 0.25) is 5.88 Å². The van der Waals surface area contributed by atoms with Crippen LogP contribution in [0.1, 0.15) is 11.6 Å². The topological polar surface area (TPSA) is 43.4 Å². The summed E-state index contributed by atoms with van der Waals surface area (Å²) in [6.07, 6.45) is 1.81. The number of hydrogen-bond donors (Lipinski definition) is 1. The van der Waals surface area contributed by atoms with E-state index in [4.69, 9.17) is 9.47 Å². The minimum atomic E-state index is 0.341. The van der Waals surface area contributed by atoms with E-state index >= 15 is 0 Å². The number of nitrogens with zero attached hydrogens (tertiary/aromatic N) is 1. The van der Waals surface area contributed by atoms with Crippen molar-refractivity contribution in [2.24, 2.45) is 0 Å². The summed E-state index contributed by atoms with van der Waals surface area (Å²) in [5, 5.41) is 3.53. The van der Waals surface area contributed by atoms with Crippen LogP contribution in [0.5, 0.6) is 5.88 Å². The molecule has 1 N–H and O–H groups in total. The van der Waals surface area contributed by atoms with Crippen molar-refractivity contribution in [2.45, 2.75) is 10.9 Å². The standard InChI is InChI=1S/C16H18N2O2S/c1-19-8-9-20-16-7-6-12(10-17-16)18-14-11-21-15-5-3-2-4-13(14)15/h2-7,10,14,18H,8-9,11H2,1H3. The van der Waals surface area contributed by atoms with Crippen molar-refractivity contribution in [3.63, 3.8) is 0 Å². The van der Waals surface area contributed by atoms with Crippen molar-refractivity contribution in [1.82, 2.24) is 4.98 Å². The molecule has 5 heteroatoms. The maximum absolute atomic E-state index is 5.46. The zero-order valence-electron chi connectivity index (χ0n) is 11.9. The minimum absolute atomic E-state index is 0.341. The molecule has 0 aliphatic carbocycles. The summed E-state index contributed by atoms with van der Waals surface area (Å²) in [7, 11) is 1.65. The van der Waals surface area contributed by atoms with Crippen molar-refractivity contribution in [3.05, 3.63) is 48.2 Å². The van der Waals surface area contributed by atoms with E-state index in [0.717, 1.165) is 11.4 Å². The average Bonchev–Trinajstić information content (AvgIpc) is 2.93. The number of aromatic nitrogens is 1. The van der Waals surface area contributed by atoms with Gasteiger partial charge in [-0.3, -0.25) is 0 Å². The fraction of sp³-hybridized carbons (Fsp3) is 0.312. The van der Waals surface area contributed by atoms with Gasteiger partial charge in [0, 0.05) is 23.8 Å². The number of thioether (sulfide) groups is 1. The fourth-order valence-corrected chi connectivity index (χ4v) is 3.42. The van der Waals surface area contributed by atoms with Crippen LogP contribution >= 0.6 is 11.8 Å². The predicted molar refractivity (Wildman–Crippen MR) is 85.1 cm³/mol. The number of ether oxygens (including phenoxy) is 2. The lowest BCUT2D eigenvalue weighted by atomic mass is 10.1. The van der Waals surface area contributed by atoms with Crippen LogP contribution in [0.3, 0.4) is 0 Å². The molecule has 1 unspecified atom stereocenters. The molecule has 1 aliphatic rings. The molecule has 1 aromatic carbocycles. The van der Waals surface area contributed by atoms with Crippen LogP contribution in [0.15, 0.2) is 47.5 Å². The molecule has 0 bridgehead atoms. The molecular formula is C16H18N2O2S. The number of pyridine rings is 1. The molecule has 0 saturated heterocycles. The Bertz CT molecular complexity index is 589. The molecule has 1 aromatic heterocycles. The van der Waals surface area contributed by atoms with Crippen molar-refractivity contribution in [3.8, 4) is 5.88 Å². The summed E-state index contributed by atoms with van der Waals surface area (Å²) in [4.78, 5) is 5.66. The second-order valence-corrected chi connectivity index (χ2v) is 5.83. The highest BCUT2D eigenvalue weighted by Gasteiger charge is 2.22. The maximum Gasteiger partial charge on any atom is 0.213 e. The number of benzene rings is 1. The van der Waals surface area contributed by atoms with E-state index in [1.54, 1.807) is 7.11 Å². The van der Waals surface area contributed by atoms with Gasteiger partial charge in [0.15, 0.2) is 0 Å². The van der Waals surface area contributed by atoms with E-state index < -0.39 is 0 Å². The lowest BCUT2D eigenvalue weighted by Gasteiger charge is -2.14. The van der Waals surface area contributed by atoms with E-state index in [9.17, 15) is 0 Å². The summed E-state index contributed by atoms with van der Waals surface area (Å²) in [6.45, 7) is 1.08. The SMILES string of the molecule is COCCOc1ccc(NC2CSc3ccccc32)cn1. The van der Waals surface area contributed by atoms with Crippen LogP contribution in [0.2, 0.25) is 0 Å². The molecule has 1 aliphatic heterocycles.